The van der Waals surface area contributed by atoms with E-state index in [2.05, 4.69) is 20.8 Å². The predicted octanol–water partition coefficient (Wildman–Crippen LogP) is 4.05. The van der Waals surface area contributed by atoms with Crippen molar-refractivity contribution in [2.45, 2.75) is 50.3 Å². The van der Waals surface area contributed by atoms with Gasteiger partial charge in [-0.05, 0) is 31.1 Å². The first kappa shape index (κ1) is 10.7. The lowest BCUT2D eigenvalue weighted by Gasteiger charge is -2.40. The van der Waals surface area contributed by atoms with Gasteiger partial charge in [-0.25, -0.2) is 0 Å². The SMILES string of the molecule is CC1CCC(Cl)(C(C)C)CC1Cl. The lowest BCUT2D eigenvalue weighted by Crippen LogP contribution is -2.38. The van der Waals surface area contributed by atoms with Crippen LogP contribution < -0.4 is 0 Å². The van der Waals surface area contributed by atoms with Crippen LogP contribution in [0, 0.1) is 11.8 Å². The Kier molecular flexibility index (Phi) is 3.34. The molecule has 0 heterocycles. The number of hydrogen-bond acceptors (Lipinski definition) is 0. The van der Waals surface area contributed by atoms with Crippen molar-refractivity contribution in [2.24, 2.45) is 11.8 Å². The summed E-state index contributed by atoms with van der Waals surface area (Å²) in [6.45, 7) is 6.59. The molecular weight excluding hydrogens is 191 g/mol. The molecule has 0 saturated heterocycles. The van der Waals surface area contributed by atoms with Gasteiger partial charge in [0.05, 0.1) is 0 Å². The van der Waals surface area contributed by atoms with Gasteiger partial charge in [0.15, 0.2) is 0 Å². The van der Waals surface area contributed by atoms with Crippen LogP contribution in [0.2, 0.25) is 0 Å². The Balaban J connectivity index is 2.60. The van der Waals surface area contributed by atoms with Crippen molar-refractivity contribution in [3.8, 4) is 0 Å². The van der Waals surface area contributed by atoms with Crippen LogP contribution in [0.5, 0.6) is 0 Å². The van der Waals surface area contributed by atoms with Crippen molar-refractivity contribution in [1.82, 2.24) is 0 Å². The minimum absolute atomic E-state index is 0.0288. The van der Waals surface area contributed by atoms with E-state index in [1.54, 1.807) is 0 Å². The third-order valence-electron chi connectivity index (χ3n) is 3.20. The van der Waals surface area contributed by atoms with Crippen molar-refractivity contribution in [3.05, 3.63) is 0 Å². The fourth-order valence-electron chi connectivity index (χ4n) is 1.80. The van der Waals surface area contributed by atoms with E-state index < -0.39 is 0 Å². The lowest BCUT2D eigenvalue weighted by atomic mass is 9.76. The highest BCUT2D eigenvalue weighted by molar-refractivity contribution is 6.26. The summed E-state index contributed by atoms with van der Waals surface area (Å²) >= 11 is 12.7. The molecule has 0 aromatic rings. The van der Waals surface area contributed by atoms with Crippen LogP contribution in [0.4, 0.5) is 0 Å². The number of rotatable bonds is 1. The van der Waals surface area contributed by atoms with Gasteiger partial charge in [0.1, 0.15) is 0 Å². The maximum Gasteiger partial charge on any atom is 0.0483 e. The molecule has 12 heavy (non-hydrogen) atoms. The number of hydrogen-bond donors (Lipinski definition) is 0. The third-order valence-corrected chi connectivity index (χ3v) is 4.57. The van der Waals surface area contributed by atoms with Crippen LogP contribution in [0.15, 0.2) is 0 Å². The summed E-state index contributed by atoms with van der Waals surface area (Å²) in [6, 6.07) is 0. The Hall–Kier alpha value is 0.580. The molecule has 1 rings (SSSR count). The van der Waals surface area contributed by atoms with Gasteiger partial charge in [0, 0.05) is 10.3 Å². The molecule has 3 unspecified atom stereocenters. The van der Waals surface area contributed by atoms with E-state index in [1.165, 1.54) is 6.42 Å². The highest BCUT2D eigenvalue weighted by atomic mass is 35.5. The van der Waals surface area contributed by atoms with E-state index in [0.29, 0.717) is 11.8 Å². The largest absolute Gasteiger partial charge is 0.123 e. The van der Waals surface area contributed by atoms with Gasteiger partial charge in [0.25, 0.3) is 0 Å². The second-order valence-electron chi connectivity index (χ2n) is 4.43. The van der Waals surface area contributed by atoms with Crippen molar-refractivity contribution in [1.29, 1.82) is 0 Å². The molecule has 0 aliphatic heterocycles. The molecule has 3 atom stereocenters. The third kappa shape index (κ3) is 2.09. The molecule has 0 aromatic carbocycles. The highest BCUT2D eigenvalue weighted by Crippen LogP contribution is 2.43. The lowest BCUT2D eigenvalue weighted by molar-refractivity contribution is 0.266. The minimum Gasteiger partial charge on any atom is -0.123 e. The fraction of sp³-hybridized carbons (Fsp3) is 1.00. The molecule has 0 amide bonds. The zero-order valence-electron chi connectivity index (χ0n) is 8.11. The molecule has 0 radical (unpaired) electrons. The Labute approximate surface area is 85.6 Å². The summed E-state index contributed by atoms with van der Waals surface area (Å²) in [6.07, 6.45) is 3.27. The maximum absolute atomic E-state index is 6.49. The van der Waals surface area contributed by atoms with E-state index >= 15 is 0 Å². The van der Waals surface area contributed by atoms with Gasteiger partial charge in [0.2, 0.25) is 0 Å². The Morgan fingerprint density at radius 2 is 2.00 bits per heavy atom. The molecule has 0 nitrogen and oxygen atoms in total. The molecule has 1 fully saturated rings. The zero-order chi connectivity index (χ0) is 9.35. The first-order valence-corrected chi connectivity index (χ1v) is 5.60. The molecule has 0 spiro atoms. The fourth-order valence-corrected chi connectivity index (χ4v) is 2.56. The minimum atomic E-state index is -0.0288. The summed E-state index contributed by atoms with van der Waals surface area (Å²) in [5, 5.41) is 0.277. The molecule has 1 aliphatic rings. The van der Waals surface area contributed by atoms with Crippen LogP contribution in [-0.4, -0.2) is 10.3 Å². The highest BCUT2D eigenvalue weighted by Gasteiger charge is 2.39. The summed E-state index contributed by atoms with van der Waals surface area (Å²) in [7, 11) is 0. The van der Waals surface area contributed by atoms with Crippen LogP contribution in [0.25, 0.3) is 0 Å². The van der Waals surface area contributed by atoms with Gasteiger partial charge in [-0.2, -0.15) is 0 Å². The van der Waals surface area contributed by atoms with E-state index in [4.69, 9.17) is 23.2 Å². The van der Waals surface area contributed by atoms with Gasteiger partial charge in [-0.15, -0.1) is 23.2 Å². The molecule has 72 valence electrons. The van der Waals surface area contributed by atoms with Gasteiger partial charge in [-0.3, -0.25) is 0 Å². The summed E-state index contributed by atoms with van der Waals surface area (Å²) < 4.78 is 0. The van der Waals surface area contributed by atoms with Crippen LogP contribution in [0.3, 0.4) is 0 Å². The van der Waals surface area contributed by atoms with E-state index in [1.807, 2.05) is 0 Å². The quantitative estimate of drug-likeness (QED) is 0.571. The first-order chi connectivity index (χ1) is 5.46. The summed E-state index contributed by atoms with van der Waals surface area (Å²) in [4.78, 5) is -0.0288. The van der Waals surface area contributed by atoms with Crippen molar-refractivity contribution >= 4 is 23.2 Å². The van der Waals surface area contributed by atoms with Crippen LogP contribution in [0.1, 0.15) is 40.0 Å². The van der Waals surface area contributed by atoms with Crippen molar-refractivity contribution in [3.63, 3.8) is 0 Å². The molecule has 0 bridgehead atoms. The number of alkyl halides is 2. The summed E-state index contributed by atoms with van der Waals surface area (Å²) in [5.41, 5.74) is 0. The number of halogens is 2. The maximum atomic E-state index is 6.49. The molecule has 1 saturated carbocycles. The molecule has 0 aromatic heterocycles. The monoisotopic (exact) mass is 208 g/mol. The standard InChI is InChI=1S/C10H18Cl2/c1-7(2)10(12)5-4-8(3)9(11)6-10/h7-9H,4-6H2,1-3H3. The first-order valence-electron chi connectivity index (χ1n) is 4.78. The van der Waals surface area contributed by atoms with Crippen LogP contribution in [-0.2, 0) is 0 Å². The topological polar surface area (TPSA) is 0 Å². The molecule has 1 aliphatic carbocycles. The van der Waals surface area contributed by atoms with Gasteiger partial charge >= 0.3 is 0 Å². The van der Waals surface area contributed by atoms with Gasteiger partial charge in [-0.1, -0.05) is 20.8 Å². The molecule has 0 N–H and O–H groups in total. The second kappa shape index (κ2) is 3.75. The summed E-state index contributed by atoms with van der Waals surface area (Å²) in [5.74, 6) is 1.17. The Bertz CT molecular complexity index is 156. The predicted molar refractivity (Wildman–Crippen MR) is 56.1 cm³/mol. The average molecular weight is 209 g/mol. The van der Waals surface area contributed by atoms with Crippen molar-refractivity contribution < 1.29 is 0 Å². The van der Waals surface area contributed by atoms with Crippen molar-refractivity contribution in [2.75, 3.05) is 0 Å². The van der Waals surface area contributed by atoms with Crippen LogP contribution >= 0.6 is 23.2 Å². The zero-order valence-corrected chi connectivity index (χ0v) is 9.62. The Morgan fingerprint density at radius 1 is 1.42 bits per heavy atom. The Morgan fingerprint density at radius 3 is 2.42 bits per heavy atom. The van der Waals surface area contributed by atoms with Gasteiger partial charge < -0.3 is 0 Å². The van der Waals surface area contributed by atoms with E-state index in [0.717, 1.165) is 12.8 Å². The van der Waals surface area contributed by atoms with E-state index in [9.17, 15) is 0 Å². The molecular formula is C10H18Cl2. The molecule has 2 heteroatoms. The normalized spacial score (nSPS) is 43.5. The van der Waals surface area contributed by atoms with E-state index in [-0.39, 0.29) is 10.3 Å². The smallest absolute Gasteiger partial charge is 0.0483 e. The average Bonchev–Trinajstić information content (AvgIpc) is 1.97. The second-order valence-corrected chi connectivity index (χ2v) is 5.74.